The van der Waals surface area contributed by atoms with Gasteiger partial charge in [0.15, 0.2) is 0 Å². The molecule has 1 aromatic carbocycles. The van der Waals surface area contributed by atoms with Gasteiger partial charge in [0.2, 0.25) is 0 Å². The van der Waals surface area contributed by atoms with Gasteiger partial charge in [0, 0.05) is 12.1 Å². The van der Waals surface area contributed by atoms with Crippen molar-refractivity contribution in [2.75, 3.05) is 6.54 Å². The van der Waals surface area contributed by atoms with Crippen molar-refractivity contribution in [2.24, 2.45) is 11.8 Å². The lowest BCUT2D eigenvalue weighted by molar-refractivity contribution is -0.140. The first-order valence-corrected chi connectivity index (χ1v) is 6.44. The third-order valence-electron chi connectivity index (χ3n) is 3.55. The van der Waals surface area contributed by atoms with Crippen molar-refractivity contribution in [3.8, 4) is 0 Å². The largest absolute Gasteiger partial charge is 0.419 e. The monoisotopic (exact) mass is 289 g/mol. The summed E-state index contributed by atoms with van der Waals surface area (Å²) in [6.45, 7) is 2.41. The molecule has 1 N–H and O–H groups in total. The second-order valence-corrected chi connectivity index (χ2v) is 5.22. The van der Waals surface area contributed by atoms with E-state index in [0.717, 1.165) is 18.9 Å². The lowest BCUT2D eigenvalue weighted by Crippen LogP contribution is -2.29. The molecule has 0 radical (unpaired) electrons. The Morgan fingerprint density at radius 3 is 2.60 bits per heavy atom. The Balaban J connectivity index is 2.06. The minimum Gasteiger partial charge on any atom is -0.352 e. The van der Waals surface area contributed by atoms with Gasteiger partial charge in [-0.2, -0.15) is 13.2 Å². The number of halogens is 4. The quantitative estimate of drug-likeness (QED) is 0.843. The van der Waals surface area contributed by atoms with E-state index in [1.54, 1.807) is 0 Å². The Bertz CT molecular complexity index is 508. The molecule has 0 bridgehead atoms. The highest BCUT2D eigenvalue weighted by molar-refractivity contribution is 5.94. The van der Waals surface area contributed by atoms with Crippen LogP contribution in [-0.4, -0.2) is 12.5 Å². The molecule has 1 amide bonds. The molecular formula is C14H15F4NO. The maximum Gasteiger partial charge on any atom is 0.419 e. The summed E-state index contributed by atoms with van der Waals surface area (Å²) in [5.41, 5.74) is -1.60. The molecule has 1 aromatic rings. The Morgan fingerprint density at radius 2 is 2.05 bits per heavy atom. The van der Waals surface area contributed by atoms with Crippen LogP contribution in [-0.2, 0) is 6.18 Å². The van der Waals surface area contributed by atoms with E-state index in [2.05, 4.69) is 5.32 Å². The van der Waals surface area contributed by atoms with Crippen molar-refractivity contribution in [2.45, 2.75) is 25.9 Å². The molecule has 110 valence electrons. The molecule has 0 aliphatic heterocycles. The summed E-state index contributed by atoms with van der Waals surface area (Å²) < 4.78 is 50.8. The molecule has 0 spiro atoms. The molecule has 1 saturated carbocycles. The molecular weight excluding hydrogens is 274 g/mol. The number of alkyl halides is 3. The number of hydrogen-bond donors (Lipinski definition) is 1. The van der Waals surface area contributed by atoms with Crippen molar-refractivity contribution < 1.29 is 22.4 Å². The number of amides is 1. The summed E-state index contributed by atoms with van der Waals surface area (Å²) in [5, 5.41) is 2.59. The third kappa shape index (κ3) is 3.49. The second-order valence-electron chi connectivity index (χ2n) is 5.22. The molecule has 2 nitrogen and oxygen atoms in total. The maximum absolute atomic E-state index is 13.1. The molecule has 1 fully saturated rings. The number of benzene rings is 1. The first-order valence-electron chi connectivity index (χ1n) is 6.44. The molecule has 1 aliphatic rings. The number of carbonyl (C=O) groups is 1. The van der Waals surface area contributed by atoms with E-state index in [1.807, 2.05) is 6.92 Å². The van der Waals surface area contributed by atoms with Gasteiger partial charge in [-0.25, -0.2) is 4.39 Å². The molecule has 2 rings (SSSR count). The molecule has 6 heteroatoms. The fraction of sp³-hybridized carbons (Fsp3) is 0.500. The van der Waals surface area contributed by atoms with E-state index in [-0.39, 0.29) is 5.56 Å². The Hall–Kier alpha value is -1.59. The van der Waals surface area contributed by atoms with E-state index >= 15 is 0 Å². The van der Waals surface area contributed by atoms with E-state index < -0.39 is 23.5 Å². The highest BCUT2D eigenvalue weighted by atomic mass is 19.4. The van der Waals surface area contributed by atoms with Gasteiger partial charge in [-0.1, -0.05) is 6.92 Å². The van der Waals surface area contributed by atoms with Crippen molar-refractivity contribution in [3.05, 3.63) is 35.1 Å². The van der Waals surface area contributed by atoms with Gasteiger partial charge in [-0.05, 0) is 42.9 Å². The third-order valence-corrected chi connectivity index (χ3v) is 3.55. The molecule has 20 heavy (non-hydrogen) atoms. The molecule has 1 atom stereocenters. The van der Waals surface area contributed by atoms with Gasteiger partial charge in [-0.3, -0.25) is 4.79 Å². The minimum atomic E-state index is -4.80. The molecule has 1 aliphatic carbocycles. The van der Waals surface area contributed by atoms with Crippen LogP contribution in [0.15, 0.2) is 18.2 Å². The molecule has 1 unspecified atom stereocenters. The average molecular weight is 289 g/mol. The van der Waals surface area contributed by atoms with Gasteiger partial charge in [-0.15, -0.1) is 0 Å². The van der Waals surface area contributed by atoms with E-state index in [1.165, 1.54) is 0 Å². The topological polar surface area (TPSA) is 29.1 Å². The van der Waals surface area contributed by atoms with E-state index in [0.29, 0.717) is 30.5 Å². The first kappa shape index (κ1) is 14.8. The summed E-state index contributed by atoms with van der Waals surface area (Å²) in [5.74, 6) is -1.08. The van der Waals surface area contributed by atoms with Crippen LogP contribution in [0.4, 0.5) is 17.6 Å². The maximum atomic E-state index is 13.1. The summed E-state index contributed by atoms with van der Waals surface area (Å²) in [4.78, 5) is 11.8. The van der Waals surface area contributed by atoms with Gasteiger partial charge in [0.05, 0.1) is 5.56 Å². The van der Waals surface area contributed by atoms with E-state index in [9.17, 15) is 22.4 Å². The van der Waals surface area contributed by atoms with Gasteiger partial charge < -0.3 is 5.32 Å². The zero-order valence-electron chi connectivity index (χ0n) is 10.9. The first-order chi connectivity index (χ1) is 9.29. The molecule has 0 saturated heterocycles. The average Bonchev–Trinajstić information content (AvgIpc) is 3.18. The summed E-state index contributed by atoms with van der Waals surface area (Å²) in [6, 6.07) is 2.27. The molecule has 0 aromatic heterocycles. The van der Waals surface area contributed by atoms with Crippen molar-refractivity contribution in [1.82, 2.24) is 5.32 Å². The summed E-state index contributed by atoms with van der Waals surface area (Å²) in [7, 11) is 0. The fourth-order valence-corrected chi connectivity index (χ4v) is 2.07. The predicted molar refractivity (Wildman–Crippen MR) is 65.6 cm³/mol. The Morgan fingerprint density at radius 1 is 1.40 bits per heavy atom. The summed E-state index contributed by atoms with van der Waals surface area (Å²) in [6.07, 6.45) is -2.54. The normalized spacial score (nSPS) is 16.9. The lowest BCUT2D eigenvalue weighted by Gasteiger charge is -2.13. The van der Waals surface area contributed by atoms with Crippen LogP contribution in [0.3, 0.4) is 0 Å². The number of carbonyl (C=O) groups excluding carboxylic acids is 1. The van der Waals surface area contributed by atoms with Crippen LogP contribution in [0.25, 0.3) is 0 Å². The van der Waals surface area contributed by atoms with E-state index in [4.69, 9.17) is 0 Å². The van der Waals surface area contributed by atoms with Crippen molar-refractivity contribution in [1.29, 1.82) is 0 Å². The second kappa shape index (κ2) is 5.42. The smallest absolute Gasteiger partial charge is 0.352 e. The predicted octanol–water partition coefficient (Wildman–Crippen LogP) is 3.62. The number of hydrogen-bond acceptors (Lipinski definition) is 1. The van der Waals surface area contributed by atoms with Crippen LogP contribution in [0.1, 0.15) is 35.7 Å². The zero-order chi connectivity index (χ0) is 14.9. The fourth-order valence-electron chi connectivity index (χ4n) is 2.07. The standard InChI is InChI=1S/C14H15F4NO/c1-8(9-2-3-9)7-19-13(20)10-4-5-12(15)11(6-10)14(16,17)18/h4-6,8-9H,2-3,7H2,1H3,(H,19,20). The highest BCUT2D eigenvalue weighted by Crippen LogP contribution is 2.36. The van der Waals surface area contributed by atoms with Gasteiger partial charge >= 0.3 is 6.18 Å². The van der Waals surface area contributed by atoms with Crippen LogP contribution < -0.4 is 5.32 Å². The van der Waals surface area contributed by atoms with Crippen LogP contribution in [0.5, 0.6) is 0 Å². The zero-order valence-corrected chi connectivity index (χ0v) is 10.9. The molecule has 0 heterocycles. The van der Waals surface area contributed by atoms with Crippen LogP contribution >= 0.6 is 0 Å². The van der Waals surface area contributed by atoms with Gasteiger partial charge in [0.25, 0.3) is 5.91 Å². The van der Waals surface area contributed by atoms with Gasteiger partial charge in [0.1, 0.15) is 5.82 Å². The SMILES string of the molecule is CC(CNC(=O)c1ccc(F)c(C(F)(F)F)c1)C1CC1. The van der Waals surface area contributed by atoms with Crippen LogP contribution in [0, 0.1) is 17.7 Å². The number of nitrogens with one attached hydrogen (secondary N) is 1. The Kier molecular flexibility index (Phi) is 4.01. The van der Waals surface area contributed by atoms with Crippen LogP contribution in [0.2, 0.25) is 0 Å². The lowest BCUT2D eigenvalue weighted by atomic mass is 10.1. The number of rotatable bonds is 4. The highest BCUT2D eigenvalue weighted by Gasteiger charge is 2.34. The van der Waals surface area contributed by atoms with Crippen molar-refractivity contribution >= 4 is 5.91 Å². The minimum absolute atomic E-state index is 0.179. The summed E-state index contributed by atoms with van der Waals surface area (Å²) >= 11 is 0. The Labute approximate surface area is 114 Å². The van der Waals surface area contributed by atoms with Crippen molar-refractivity contribution in [3.63, 3.8) is 0 Å².